The molecule has 1 aliphatic rings. The monoisotopic (exact) mass is 169 g/mol. The number of rotatable bonds is 3. The Morgan fingerprint density at radius 1 is 1.33 bits per heavy atom. The highest BCUT2D eigenvalue weighted by Gasteiger charge is 2.37. The molecule has 1 aliphatic carbocycles. The van der Waals surface area contributed by atoms with E-state index in [1.54, 1.807) is 0 Å². The molecule has 0 spiro atoms. The number of likely N-dealkylation sites (N-methyl/N-ethyl adjacent to an activating group) is 1. The first-order valence-corrected chi connectivity index (χ1v) is 4.68. The Kier molecular flexibility index (Phi) is 2.57. The zero-order valence-electron chi connectivity index (χ0n) is 8.55. The van der Waals surface area contributed by atoms with Crippen molar-refractivity contribution in [1.82, 2.24) is 4.90 Å². The fourth-order valence-corrected chi connectivity index (χ4v) is 1.39. The Hall–Kier alpha value is -0.370. The number of ketones is 1. The van der Waals surface area contributed by atoms with Gasteiger partial charge in [-0.1, -0.05) is 6.42 Å². The van der Waals surface area contributed by atoms with Crippen LogP contribution in [0.25, 0.3) is 0 Å². The summed E-state index contributed by atoms with van der Waals surface area (Å²) in [5.74, 6) is 0.765. The fourth-order valence-electron chi connectivity index (χ4n) is 1.39. The molecule has 0 N–H and O–H groups in total. The first-order valence-electron chi connectivity index (χ1n) is 4.68. The summed E-state index contributed by atoms with van der Waals surface area (Å²) >= 11 is 0. The van der Waals surface area contributed by atoms with E-state index in [9.17, 15) is 4.79 Å². The SMILES string of the molecule is CN(C)C(C)(C)C(=O)C1CCC1. The van der Waals surface area contributed by atoms with E-state index in [1.165, 1.54) is 6.42 Å². The Labute approximate surface area is 74.9 Å². The molecule has 0 aromatic heterocycles. The molecule has 0 unspecified atom stereocenters. The van der Waals surface area contributed by atoms with Crippen molar-refractivity contribution in [3.05, 3.63) is 0 Å². The van der Waals surface area contributed by atoms with Crippen molar-refractivity contribution in [1.29, 1.82) is 0 Å². The molecule has 12 heavy (non-hydrogen) atoms. The van der Waals surface area contributed by atoms with Gasteiger partial charge in [0.2, 0.25) is 0 Å². The number of Topliss-reactive ketones (excluding diaryl/α,β-unsaturated/α-hetero) is 1. The molecule has 0 atom stereocenters. The Balaban J connectivity index is 2.60. The van der Waals surface area contributed by atoms with Crippen molar-refractivity contribution >= 4 is 5.78 Å². The number of nitrogens with zero attached hydrogens (tertiary/aromatic N) is 1. The molecule has 1 fully saturated rings. The lowest BCUT2D eigenvalue weighted by atomic mass is 9.75. The third kappa shape index (κ3) is 1.53. The van der Waals surface area contributed by atoms with Crippen LogP contribution in [-0.2, 0) is 4.79 Å². The summed E-state index contributed by atoms with van der Waals surface area (Å²) in [5.41, 5.74) is -0.273. The maximum Gasteiger partial charge on any atom is 0.155 e. The average molecular weight is 169 g/mol. The first kappa shape index (κ1) is 9.72. The van der Waals surface area contributed by atoms with Gasteiger partial charge in [-0.15, -0.1) is 0 Å². The molecule has 1 rings (SSSR count). The van der Waals surface area contributed by atoms with Crippen LogP contribution >= 0.6 is 0 Å². The summed E-state index contributed by atoms with van der Waals surface area (Å²) < 4.78 is 0. The molecule has 0 aromatic carbocycles. The molecule has 2 nitrogen and oxygen atoms in total. The molecule has 0 heterocycles. The second-order valence-corrected chi connectivity index (χ2v) is 4.45. The minimum absolute atomic E-state index is 0.273. The molecular formula is C10H19NO. The predicted molar refractivity (Wildman–Crippen MR) is 50.1 cm³/mol. The van der Waals surface area contributed by atoms with E-state index in [-0.39, 0.29) is 5.54 Å². The fraction of sp³-hybridized carbons (Fsp3) is 0.900. The normalized spacial score (nSPS) is 19.4. The second-order valence-electron chi connectivity index (χ2n) is 4.45. The van der Waals surface area contributed by atoms with Crippen LogP contribution in [0.4, 0.5) is 0 Å². The molecular weight excluding hydrogens is 150 g/mol. The van der Waals surface area contributed by atoms with Crippen molar-refractivity contribution < 1.29 is 4.79 Å². The minimum Gasteiger partial charge on any atom is -0.298 e. The van der Waals surface area contributed by atoms with E-state index in [2.05, 4.69) is 0 Å². The molecule has 1 saturated carbocycles. The summed E-state index contributed by atoms with van der Waals surface area (Å²) in [5, 5.41) is 0. The van der Waals surface area contributed by atoms with Gasteiger partial charge < -0.3 is 0 Å². The van der Waals surface area contributed by atoms with Crippen LogP contribution in [0.1, 0.15) is 33.1 Å². The van der Waals surface area contributed by atoms with Crippen molar-refractivity contribution in [2.75, 3.05) is 14.1 Å². The van der Waals surface area contributed by atoms with Crippen molar-refractivity contribution in [2.45, 2.75) is 38.6 Å². The lowest BCUT2D eigenvalue weighted by Crippen LogP contribution is -2.49. The van der Waals surface area contributed by atoms with Gasteiger partial charge in [-0.25, -0.2) is 0 Å². The second kappa shape index (κ2) is 3.17. The predicted octanol–water partition coefficient (Wildman–Crippen LogP) is 1.70. The zero-order chi connectivity index (χ0) is 9.35. The quantitative estimate of drug-likeness (QED) is 0.641. The highest BCUT2D eigenvalue weighted by atomic mass is 16.1. The standard InChI is InChI=1S/C10H19NO/c1-10(2,11(3)4)9(12)8-6-5-7-8/h8H,5-7H2,1-4H3. The van der Waals surface area contributed by atoms with Gasteiger partial charge in [-0.3, -0.25) is 9.69 Å². The van der Waals surface area contributed by atoms with E-state index in [4.69, 9.17) is 0 Å². The van der Waals surface area contributed by atoms with Gasteiger partial charge in [0.15, 0.2) is 5.78 Å². The number of hydrogen-bond donors (Lipinski definition) is 0. The minimum atomic E-state index is -0.273. The van der Waals surface area contributed by atoms with Crippen molar-refractivity contribution in [3.8, 4) is 0 Å². The number of carbonyl (C=O) groups excluding carboxylic acids is 1. The van der Waals surface area contributed by atoms with E-state index < -0.39 is 0 Å². The number of carbonyl (C=O) groups is 1. The molecule has 0 amide bonds. The Morgan fingerprint density at radius 3 is 2.08 bits per heavy atom. The van der Waals surface area contributed by atoms with Crippen LogP contribution in [0.5, 0.6) is 0 Å². The van der Waals surface area contributed by atoms with E-state index >= 15 is 0 Å². The van der Waals surface area contributed by atoms with E-state index in [0.29, 0.717) is 11.7 Å². The molecule has 0 aromatic rings. The van der Waals surface area contributed by atoms with Gasteiger partial charge in [0, 0.05) is 5.92 Å². The van der Waals surface area contributed by atoms with Crippen LogP contribution in [0.15, 0.2) is 0 Å². The van der Waals surface area contributed by atoms with Gasteiger partial charge in [0.05, 0.1) is 5.54 Å². The lowest BCUT2D eigenvalue weighted by molar-refractivity contribution is -0.134. The highest BCUT2D eigenvalue weighted by Crippen LogP contribution is 2.32. The molecule has 0 radical (unpaired) electrons. The van der Waals surface area contributed by atoms with Crippen LogP contribution < -0.4 is 0 Å². The summed E-state index contributed by atoms with van der Waals surface area (Å²) in [6, 6.07) is 0. The number of hydrogen-bond acceptors (Lipinski definition) is 2. The smallest absolute Gasteiger partial charge is 0.155 e. The molecule has 2 heteroatoms. The summed E-state index contributed by atoms with van der Waals surface area (Å²) in [7, 11) is 3.94. The van der Waals surface area contributed by atoms with Gasteiger partial charge >= 0.3 is 0 Å². The van der Waals surface area contributed by atoms with Crippen LogP contribution in [-0.4, -0.2) is 30.3 Å². The van der Waals surface area contributed by atoms with Crippen molar-refractivity contribution in [2.24, 2.45) is 5.92 Å². The van der Waals surface area contributed by atoms with Crippen LogP contribution in [0.3, 0.4) is 0 Å². The topological polar surface area (TPSA) is 20.3 Å². The molecule has 0 saturated heterocycles. The Morgan fingerprint density at radius 2 is 1.83 bits per heavy atom. The Bertz CT molecular complexity index is 180. The van der Waals surface area contributed by atoms with Crippen LogP contribution in [0, 0.1) is 5.92 Å². The van der Waals surface area contributed by atoms with Gasteiger partial charge in [0.1, 0.15) is 0 Å². The lowest BCUT2D eigenvalue weighted by Gasteiger charge is -2.37. The first-order chi connectivity index (χ1) is 5.46. The zero-order valence-corrected chi connectivity index (χ0v) is 8.55. The summed E-state index contributed by atoms with van der Waals surface area (Å²) in [6.07, 6.45) is 3.45. The van der Waals surface area contributed by atoms with Gasteiger partial charge in [-0.05, 0) is 40.8 Å². The summed E-state index contributed by atoms with van der Waals surface area (Å²) in [4.78, 5) is 13.9. The highest BCUT2D eigenvalue weighted by molar-refractivity contribution is 5.90. The van der Waals surface area contributed by atoms with E-state index in [0.717, 1.165) is 12.8 Å². The largest absolute Gasteiger partial charge is 0.298 e. The van der Waals surface area contributed by atoms with Crippen molar-refractivity contribution in [3.63, 3.8) is 0 Å². The summed E-state index contributed by atoms with van der Waals surface area (Å²) in [6.45, 7) is 4.02. The molecule has 0 aliphatic heterocycles. The van der Waals surface area contributed by atoms with E-state index in [1.807, 2.05) is 32.8 Å². The maximum atomic E-state index is 11.8. The molecule has 70 valence electrons. The van der Waals surface area contributed by atoms with Gasteiger partial charge in [0.25, 0.3) is 0 Å². The third-order valence-corrected chi connectivity index (χ3v) is 3.20. The average Bonchev–Trinajstić information content (AvgIpc) is 1.83. The third-order valence-electron chi connectivity index (χ3n) is 3.20. The van der Waals surface area contributed by atoms with Crippen LogP contribution in [0.2, 0.25) is 0 Å². The maximum absolute atomic E-state index is 11.8. The molecule has 0 bridgehead atoms. The van der Waals surface area contributed by atoms with Gasteiger partial charge in [-0.2, -0.15) is 0 Å².